The maximum Gasteiger partial charge on any atom is 0.335 e. The van der Waals surface area contributed by atoms with Crippen molar-refractivity contribution in [2.45, 2.75) is 46.1 Å². The molecule has 1 amide bonds. The van der Waals surface area contributed by atoms with Gasteiger partial charge in [0, 0.05) is 6.04 Å². The van der Waals surface area contributed by atoms with Gasteiger partial charge >= 0.3 is 5.97 Å². The summed E-state index contributed by atoms with van der Waals surface area (Å²) >= 11 is 0. The third kappa shape index (κ3) is 5.87. The van der Waals surface area contributed by atoms with Gasteiger partial charge in [0.2, 0.25) is 5.91 Å². The van der Waals surface area contributed by atoms with Gasteiger partial charge in [0.25, 0.3) is 0 Å². The fourth-order valence-electron chi connectivity index (χ4n) is 1.93. The number of carbonyl (C=O) groups is 2. The van der Waals surface area contributed by atoms with Crippen LogP contribution in [-0.2, 0) is 11.2 Å². The molecule has 1 rings (SSSR count). The number of hydrogen-bond donors (Lipinski definition) is 2. The average Bonchev–Trinajstić information content (AvgIpc) is 2.36. The lowest BCUT2D eigenvalue weighted by Gasteiger charge is -2.15. The van der Waals surface area contributed by atoms with Crippen LogP contribution in [0.15, 0.2) is 24.3 Å². The third-order valence-electron chi connectivity index (χ3n) is 3.15. The maximum absolute atomic E-state index is 11.9. The minimum Gasteiger partial charge on any atom is -0.478 e. The van der Waals surface area contributed by atoms with Crippen LogP contribution >= 0.6 is 0 Å². The van der Waals surface area contributed by atoms with Gasteiger partial charge < -0.3 is 10.4 Å². The molecule has 1 aromatic rings. The molecule has 0 aliphatic carbocycles. The molecule has 0 saturated heterocycles. The van der Waals surface area contributed by atoms with Crippen LogP contribution in [0.1, 0.15) is 49.5 Å². The summed E-state index contributed by atoms with van der Waals surface area (Å²) in [5, 5.41) is 11.8. The fourth-order valence-corrected chi connectivity index (χ4v) is 1.93. The molecule has 0 spiro atoms. The Hall–Kier alpha value is -1.84. The van der Waals surface area contributed by atoms with Crippen LogP contribution < -0.4 is 5.32 Å². The standard InChI is InChI=1S/C16H23NO3/c1-11(2)4-5-12(3)17-15(18)10-13-6-8-14(9-7-13)16(19)20/h6-9,11-12H,4-5,10H2,1-3H3,(H,17,18)(H,19,20). The minimum absolute atomic E-state index is 0.0238. The second kappa shape index (κ2) is 7.68. The van der Waals surface area contributed by atoms with Crippen molar-refractivity contribution in [3.63, 3.8) is 0 Å². The zero-order chi connectivity index (χ0) is 15.1. The Bertz CT molecular complexity index is 451. The lowest BCUT2D eigenvalue weighted by atomic mass is 10.0. The molecule has 1 atom stereocenters. The molecule has 110 valence electrons. The van der Waals surface area contributed by atoms with Crippen LogP contribution in [0.2, 0.25) is 0 Å². The number of carbonyl (C=O) groups excluding carboxylic acids is 1. The summed E-state index contributed by atoms with van der Waals surface area (Å²) in [6.07, 6.45) is 2.35. The molecule has 0 heterocycles. The Morgan fingerprint density at radius 1 is 1.10 bits per heavy atom. The molecule has 1 aromatic carbocycles. The third-order valence-corrected chi connectivity index (χ3v) is 3.15. The van der Waals surface area contributed by atoms with Crippen LogP contribution in [0.3, 0.4) is 0 Å². The summed E-state index contributed by atoms with van der Waals surface area (Å²) in [7, 11) is 0. The Labute approximate surface area is 120 Å². The molecule has 0 aliphatic rings. The van der Waals surface area contributed by atoms with Crippen molar-refractivity contribution >= 4 is 11.9 Å². The van der Waals surface area contributed by atoms with Crippen molar-refractivity contribution < 1.29 is 14.7 Å². The van der Waals surface area contributed by atoms with Crippen molar-refractivity contribution in [3.05, 3.63) is 35.4 Å². The van der Waals surface area contributed by atoms with E-state index in [1.54, 1.807) is 12.1 Å². The number of rotatable bonds is 7. The van der Waals surface area contributed by atoms with E-state index in [-0.39, 0.29) is 23.9 Å². The van der Waals surface area contributed by atoms with E-state index >= 15 is 0 Å². The van der Waals surface area contributed by atoms with Gasteiger partial charge in [0.15, 0.2) is 0 Å². The molecule has 1 unspecified atom stereocenters. The number of benzene rings is 1. The summed E-state index contributed by atoms with van der Waals surface area (Å²) in [4.78, 5) is 22.6. The van der Waals surface area contributed by atoms with E-state index in [0.717, 1.165) is 18.4 Å². The molecular formula is C16H23NO3. The van der Waals surface area contributed by atoms with Crippen LogP contribution in [0, 0.1) is 5.92 Å². The summed E-state index contributed by atoms with van der Waals surface area (Å²) in [6, 6.07) is 6.58. The van der Waals surface area contributed by atoms with Gasteiger partial charge in [-0.25, -0.2) is 4.79 Å². The molecule has 0 aromatic heterocycles. The predicted molar refractivity (Wildman–Crippen MR) is 78.8 cm³/mol. The maximum atomic E-state index is 11.9. The van der Waals surface area contributed by atoms with Crippen molar-refractivity contribution in [2.75, 3.05) is 0 Å². The first kappa shape index (κ1) is 16.2. The molecule has 0 radical (unpaired) electrons. The van der Waals surface area contributed by atoms with E-state index < -0.39 is 5.97 Å². The topological polar surface area (TPSA) is 66.4 Å². The first-order chi connectivity index (χ1) is 9.38. The highest BCUT2D eigenvalue weighted by Crippen LogP contribution is 2.08. The fraction of sp³-hybridized carbons (Fsp3) is 0.500. The smallest absolute Gasteiger partial charge is 0.335 e. The molecule has 20 heavy (non-hydrogen) atoms. The average molecular weight is 277 g/mol. The van der Waals surface area contributed by atoms with E-state index in [1.807, 2.05) is 6.92 Å². The number of nitrogens with one attached hydrogen (secondary N) is 1. The van der Waals surface area contributed by atoms with Gasteiger partial charge in [-0.3, -0.25) is 4.79 Å². The largest absolute Gasteiger partial charge is 0.478 e. The first-order valence-corrected chi connectivity index (χ1v) is 7.00. The Morgan fingerprint density at radius 2 is 1.70 bits per heavy atom. The summed E-state index contributed by atoms with van der Waals surface area (Å²) in [5.41, 5.74) is 1.06. The number of carboxylic acid groups (broad SMARTS) is 1. The highest BCUT2D eigenvalue weighted by molar-refractivity contribution is 5.87. The highest BCUT2D eigenvalue weighted by atomic mass is 16.4. The second-order valence-corrected chi connectivity index (χ2v) is 5.62. The van der Waals surface area contributed by atoms with Crippen molar-refractivity contribution in [2.24, 2.45) is 5.92 Å². The van der Waals surface area contributed by atoms with E-state index in [1.165, 1.54) is 12.1 Å². The Balaban J connectivity index is 2.43. The molecule has 4 heteroatoms. The normalized spacial score (nSPS) is 12.2. The predicted octanol–water partition coefficient (Wildman–Crippen LogP) is 2.87. The molecule has 0 aliphatic heterocycles. The van der Waals surface area contributed by atoms with Gasteiger partial charge in [-0.05, 0) is 43.4 Å². The first-order valence-electron chi connectivity index (χ1n) is 7.00. The molecule has 0 saturated carbocycles. The van der Waals surface area contributed by atoms with Gasteiger partial charge in [-0.2, -0.15) is 0 Å². The Morgan fingerprint density at radius 3 is 2.20 bits per heavy atom. The summed E-state index contributed by atoms with van der Waals surface area (Å²) in [5.74, 6) is -0.342. The lowest BCUT2D eigenvalue weighted by molar-refractivity contribution is -0.121. The van der Waals surface area contributed by atoms with E-state index in [4.69, 9.17) is 5.11 Å². The molecule has 4 nitrogen and oxygen atoms in total. The molecule has 0 bridgehead atoms. The van der Waals surface area contributed by atoms with Crippen LogP contribution in [0.4, 0.5) is 0 Å². The number of carboxylic acids is 1. The monoisotopic (exact) mass is 277 g/mol. The van der Waals surface area contributed by atoms with Crippen LogP contribution in [0.25, 0.3) is 0 Å². The van der Waals surface area contributed by atoms with Gasteiger partial charge in [0.05, 0.1) is 12.0 Å². The lowest BCUT2D eigenvalue weighted by Crippen LogP contribution is -2.33. The quantitative estimate of drug-likeness (QED) is 0.805. The molecular weight excluding hydrogens is 254 g/mol. The number of amides is 1. The van der Waals surface area contributed by atoms with Gasteiger partial charge in [0.1, 0.15) is 0 Å². The van der Waals surface area contributed by atoms with E-state index in [2.05, 4.69) is 19.2 Å². The van der Waals surface area contributed by atoms with Crippen molar-refractivity contribution in [3.8, 4) is 0 Å². The zero-order valence-electron chi connectivity index (χ0n) is 12.3. The van der Waals surface area contributed by atoms with Crippen molar-refractivity contribution in [1.29, 1.82) is 0 Å². The summed E-state index contributed by atoms with van der Waals surface area (Å²) < 4.78 is 0. The van der Waals surface area contributed by atoms with E-state index in [0.29, 0.717) is 5.92 Å². The van der Waals surface area contributed by atoms with E-state index in [9.17, 15) is 9.59 Å². The zero-order valence-corrected chi connectivity index (χ0v) is 12.3. The number of aromatic carboxylic acids is 1. The second-order valence-electron chi connectivity index (χ2n) is 5.62. The molecule has 0 fully saturated rings. The van der Waals surface area contributed by atoms with Gasteiger partial charge in [-0.1, -0.05) is 26.0 Å². The molecule has 2 N–H and O–H groups in total. The van der Waals surface area contributed by atoms with Crippen LogP contribution in [-0.4, -0.2) is 23.0 Å². The van der Waals surface area contributed by atoms with Crippen molar-refractivity contribution in [1.82, 2.24) is 5.32 Å². The SMILES string of the molecule is CC(C)CCC(C)NC(=O)Cc1ccc(C(=O)O)cc1. The van der Waals surface area contributed by atoms with Gasteiger partial charge in [-0.15, -0.1) is 0 Å². The summed E-state index contributed by atoms with van der Waals surface area (Å²) in [6.45, 7) is 6.34. The highest BCUT2D eigenvalue weighted by Gasteiger charge is 2.09. The van der Waals surface area contributed by atoms with Crippen LogP contribution in [0.5, 0.6) is 0 Å². The number of hydrogen-bond acceptors (Lipinski definition) is 2. The minimum atomic E-state index is -0.955. The Kier molecular flexibility index (Phi) is 6.22.